The molecule has 0 unspecified atom stereocenters. The molecule has 1 aromatic carbocycles. The zero-order valence-corrected chi connectivity index (χ0v) is 16.4. The Hall–Kier alpha value is -2.12. The fourth-order valence-electron chi connectivity index (χ4n) is 3.38. The molecule has 27 heavy (non-hydrogen) atoms. The lowest BCUT2D eigenvalue weighted by molar-refractivity contribution is -0.139. The first-order valence-electron chi connectivity index (χ1n) is 9.59. The summed E-state index contributed by atoms with van der Waals surface area (Å²) in [6.45, 7) is 6.74. The highest BCUT2D eigenvalue weighted by Gasteiger charge is 2.21. The van der Waals surface area contributed by atoms with E-state index >= 15 is 0 Å². The molecule has 1 fully saturated rings. The molecule has 0 atom stereocenters. The molecule has 2 rings (SSSR count). The van der Waals surface area contributed by atoms with Crippen molar-refractivity contribution in [2.45, 2.75) is 26.3 Å². The number of amides is 1. The van der Waals surface area contributed by atoms with Gasteiger partial charge in [-0.05, 0) is 37.1 Å². The molecule has 0 aromatic heterocycles. The third-order valence-electron chi connectivity index (χ3n) is 4.76. The lowest BCUT2D eigenvalue weighted by Crippen LogP contribution is -2.43. The highest BCUT2D eigenvalue weighted by atomic mass is 16.5. The standard InChI is InChI=1S/C20H31N3O4/c1-3-9-22(16-20(25)26)15-19(24)23-11-4-10-21(12-13-23)14-17-5-7-18(27-2)8-6-17/h5-8H,3-4,9-16H2,1-2H3,(H,25,26). The summed E-state index contributed by atoms with van der Waals surface area (Å²) < 4.78 is 5.19. The predicted molar refractivity (Wildman–Crippen MR) is 104 cm³/mol. The van der Waals surface area contributed by atoms with Crippen LogP contribution in [0.15, 0.2) is 24.3 Å². The van der Waals surface area contributed by atoms with Gasteiger partial charge >= 0.3 is 5.97 Å². The Morgan fingerprint density at radius 1 is 1.11 bits per heavy atom. The highest BCUT2D eigenvalue weighted by molar-refractivity contribution is 5.79. The second-order valence-electron chi connectivity index (χ2n) is 6.96. The number of carbonyl (C=O) groups is 2. The summed E-state index contributed by atoms with van der Waals surface area (Å²) >= 11 is 0. The lowest BCUT2D eigenvalue weighted by atomic mass is 10.2. The van der Waals surface area contributed by atoms with E-state index in [0.29, 0.717) is 13.1 Å². The van der Waals surface area contributed by atoms with Crippen molar-refractivity contribution < 1.29 is 19.4 Å². The third-order valence-corrected chi connectivity index (χ3v) is 4.76. The number of hydrogen-bond acceptors (Lipinski definition) is 5. The van der Waals surface area contributed by atoms with Crippen LogP contribution >= 0.6 is 0 Å². The van der Waals surface area contributed by atoms with Crippen molar-refractivity contribution in [3.63, 3.8) is 0 Å². The fourth-order valence-corrected chi connectivity index (χ4v) is 3.38. The minimum Gasteiger partial charge on any atom is -0.497 e. The van der Waals surface area contributed by atoms with Gasteiger partial charge < -0.3 is 14.7 Å². The van der Waals surface area contributed by atoms with Gasteiger partial charge in [-0.2, -0.15) is 0 Å². The maximum atomic E-state index is 12.6. The van der Waals surface area contributed by atoms with Crippen LogP contribution in [-0.2, 0) is 16.1 Å². The van der Waals surface area contributed by atoms with Crippen molar-refractivity contribution in [2.75, 3.05) is 52.9 Å². The van der Waals surface area contributed by atoms with E-state index in [4.69, 9.17) is 9.84 Å². The molecule has 7 heteroatoms. The van der Waals surface area contributed by atoms with E-state index in [-0.39, 0.29) is 19.0 Å². The molecule has 1 saturated heterocycles. The molecule has 1 aliphatic rings. The molecular formula is C20H31N3O4. The van der Waals surface area contributed by atoms with E-state index in [0.717, 1.165) is 44.8 Å². The minimum absolute atomic E-state index is 0.0241. The Balaban J connectivity index is 1.85. The van der Waals surface area contributed by atoms with Crippen LogP contribution in [0.25, 0.3) is 0 Å². The number of benzene rings is 1. The van der Waals surface area contributed by atoms with Crippen LogP contribution in [-0.4, -0.2) is 84.6 Å². The minimum atomic E-state index is -0.891. The Kier molecular flexibility index (Phi) is 8.54. The van der Waals surface area contributed by atoms with Crippen molar-refractivity contribution in [2.24, 2.45) is 0 Å². The van der Waals surface area contributed by atoms with E-state index in [1.165, 1.54) is 5.56 Å². The number of ether oxygens (including phenoxy) is 1. The van der Waals surface area contributed by atoms with Crippen LogP contribution in [0, 0.1) is 0 Å². The Morgan fingerprint density at radius 2 is 1.85 bits per heavy atom. The number of methoxy groups -OCH3 is 1. The van der Waals surface area contributed by atoms with Crippen LogP contribution in [0.1, 0.15) is 25.3 Å². The number of carboxylic acid groups (broad SMARTS) is 1. The first-order valence-corrected chi connectivity index (χ1v) is 9.59. The summed E-state index contributed by atoms with van der Waals surface area (Å²) in [5.41, 5.74) is 1.23. The van der Waals surface area contributed by atoms with Gasteiger partial charge in [-0.3, -0.25) is 19.4 Å². The zero-order valence-electron chi connectivity index (χ0n) is 16.4. The molecule has 1 aliphatic heterocycles. The van der Waals surface area contributed by atoms with Crippen LogP contribution in [0.5, 0.6) is 5.75 Å². The van der Waals surface area contributed by atoms with E-state index < -0.39 is 5.97 Å². The number of carboxylic acids is 1. The van der Waals surface area contributed by atoms with Gasteiger partial charge in [-0.15, -0.1) is 0 Å². The van der Waals surface area contributed by atoms with Crippen molar-refractivity contribution in [1.29, 1.82) is 0 Å². The average molecular weight is 377 g/mol. The van der Waals surface area contributed by atoms with Gasteiger partial charge in [0, 0.05) is 32.7 Å². The molecule has 1 N–H and O–H groups in total. The van der Waals surface area contributed by atoms with Crippen molar-refractivity contribution in [3.8, 4) is 5.75 Å². The average Bonchev–Trinajstić information content (AvgIpc) is 2.88. The van der Waals surface area contributed by atoms with Gasteiger partial charge in [0.2, 0.25) is 5.91 Å². The second-order valence-corrected chi connectivity index (χ2v) is 6.96. The summed E-state index contributed by atoms with van der Waals surface area (Å²) in [5.74, 6) is -0.0156. The predicted octanol–water partition coefficient (Wildman–Crippen LogP) is 1.53. The van der Waals surface area contributed by atoms with E-state index in [9.17, 15) is 9.59 Å². The van der Waals surface area contributed by atoms with Crippen LogP contribution in [0.4, 0.5) is 0 Å². The molecule has 150 valence electrons. The number of carbonyl (C=O) groups excluding carboxylic acids is 1. The maximum Gasteiger partial charge on any atom is 0.317 e. The topological polar surface area (TPSA) is 73.3 Å². The van der Waals surface area contributed by atoms with Gasteiger partial charge in [-0.1, -0.05) is 19.1 Å². The third kappa shape index (κ3) is 7.19. The molecule has 0 bridgehead atoms. The van der Waals surface area contributed by atoms with Crippen molar-refractivity contribution in [3.05, 3.63) is 29.8 Å². The fraction of sp³-hybridized carbons (Fsp3) is 0.600. The van der Waals surface area contributed by atoms with Crippen molar-refractivity contribution in [1.82, 2.24) is 14.7 Å². The van der Waals surface area contributed by atoms with Crippen molar-refractivity contribution >= 4 is 11.9 Å². The summed E-state index contributed by atoms with van der Waals surface area (Å²) in [4.78, 5) is 29.5. The van der Waals surface area contributed by atoms with Crippen LogP contribution in [0.2, 0.25) is 0 Å². The summed E-state index contributed by atoms with van der Waals surface area (Å²) in [6, 6.07) is 8.07. The van der Waals surface area contributed by atoms with Gasteiger partial charge in [0.1, 0.15) is 5.75 Å². The number of hydrogen-bond donors (Lipinski definition) is 1. The Bertz CT molecular complexity index is 606. The molecule has 1 amide bonds. The quantitative estimate of drug-likeness (QED) is 0.704. The van der Waals surface area contributed by atoms with Crippen LogP contribution in [0.3, 0.4) is 0 Å². The summed E-state index contributed by atoms with van der Waals surface area (Å²) in [5, 5.41) is 9.01. The van der Waals surface area contributed by atoms with Gasteiger partial charge in [0.15, 0.2) is 0 Å². The molecular weight excluding hydrogens is 346 g/mol. The molecule has 7 nitrogen and oxygen atoms in total. The second kappa shape index (κ2) is 10.9. The largest absolute Gasteiger partial charge is 0.497 e. The smallest absolute Gasteiger partial charge is 0.317 e. The Labute approximate surface area is 161 Å². The summed E-state index contributed by atoms with van der Waals surface area (Å²) in [6.07, 6.45) is 1.75. The van der Waals surface area contributed by atoms with Gasteiger partial charge in [-0.25, -0.2) is 0 Å². The molecule has 1 heterocycles. The molecule has 0 spiro atoms. The van der Waals surface area contributed by atoms with Gasteiger partial charge in [0.05, 0.1) is 20.2 Å². The van der Waals surface area contributed by atoms with E-state index in [1.807, 2.05) is 24.0 Å². The number of aliphatic carboxylic acids is 1. The first-order chi connectivity index (χ1) is 13.0. The molecule has 0 aliphatic carbocycles. The highest BCUT2D eigenvalue weighted by Crippen LogP contribution is 2.14. The molecule has 0 radical (unpaired) electrons. The van der Waals surface area contributed by atoms with E-state index in [2.05, 4.69) is 17.0 Å². The Morgan fingerprint density at radius 3 is 2.48 bits per heavy atom. The van der Waals surface area contributed by atoms with Crippen LogP contribution < -0.4 is 4.74 Å². The van der Waals surface area contributed by atoms with E-state index in [1.54, 1.807) is 12.0 Å². The molecule has 0 saturated carbocycles. The SMILES string of the molecule is CCCN(CC(=O)O)CC(=O)N1CCCN(Cc2ccc(OC)cc2)CC1. The maximum absolute atomic E-state index is 12.6. The normalized spacial score (nSPS) is 15.6. The number of rotatable bonds is 9. The first kappa shape index (κ1) is 21.2. The summed E-state index contributed by atoms with van der Waals surface area (Å²) in [7, 11) is 1.66. The number of nitrogens with zero attached hydrogens (tertiary/aromatic N) is 3. The van der Waals surface area contributed by atoms with Gasteiger partial charge in [0.25, 0.3) is 0 Å². The zero-order chi connectivity index (χ0) is 19.6. The monoisotopic (exact) mass is 377 g/mol. The lowest BCUT2D eigenvalue weighted by Gasteiger charge is -2.25. The molecule has 1 aromatic rings.